The minimum Gasteiger partial charge on any atom is -0.316 e. The molecule has 0 aliphatic carbocycles. The van der Waals surface area contributed by atoms with Crippen molar-refractivity contribution in [2.24, 2.45) is 0 Å². The highest BCUT2D eigenvalue weighted by molar-refractivity contribution is 7.91. The zero-order valence-electron chi connectivity index (χ0n) is 11.6. The van der Waals surface area contributed by atoms with Gasteiger partial charge in [-0.05, 0) is 31.6 Å². The first-order chi connectivity index (χ1) is 9.00. The van der Waals surface area contributed by atoms with Crippen LogP contribution in [0.4, 0.5) is 0 Å². The van der Waals surface area contributed by atoms with Gasteiger partial charge in [-0.1, -0.05) is 24.3 Å². The molecule has 1 fully saturated rings. The van der Waals surface area contributed by atoms with Crippen LogP contribution in [0.1, 0.15) is 17.5 Å². The van der Waals surface area contributed by atoms with Gasteiger partial charge < -0.3 is 5.32 Å². The average Bonchev–Trinajstić information content (AvgIpc) is 2.73. The van der Waals surface area contributed by atoms with Crippen LogP contribution in [0.3, 0.4) is 0 Å². The molecule has 1 heterocycles. The van der Waals surface area contributed by atoms with Crippen LogP contribution in [0.15, 0.2) is 24.3 Å². The molecule has 0 saturated carbocycles. The fourth-order valence-corrected chi connectivity index (χ4v) is 4.31. The number of hydrogen-bond donors (Lipinski definition) is 1. The Labute approximate surface area is 115 Å². The predicted molar refractivity (Wildman–Crippen MR) is 77.7 cm³/mol. The van der Waals surface area contributed by atoms with E-state index in [9.17, 15) is 8.42 Å². The van der Waals surface area contributed by atoms with Gasteiger partial charge in [0.15, 0.2) is 9.84 Å². The smallest absolute Gasteiger partial charge is 0.151 e. The van der Waals surface area contributed by atoms with E-state index in [2.05, 4.69) is 34.5 Å². The maximum Gasteiger partial charge on any atom is 0.151 e. The molecule has 0 bridgehead atoms. The van der Waals surface area contributed by atoms with E-state index in [1.54, 1.807) is 0 Å². The molecule has 1 aromatic rings. The summed E-state index contributed by atoms with van der Waals surface area (Å²) in [5, 5.41) is 3.12. The summed E-state index contributed by atoms with van der Waals surface area (Å²) in [5.41, 5.74) is 2.49. The Balaban J connectivity index is 1.93. The fourth-order valence-electron chi connectivity index (χ4n) is 2.51. The van der Waals surface area contributed by atoms with Crippen LogP contribution >= 0.6 is 0 Å². The third kappa shape index (κ3) is 4.03. The Hall–Kier alpha value is -0.910. The molecule has 1 saturated heterocycles. The molecule has 2 rings (SSSR count). The SMILES string of the molecule is CNCc1ccc(CN(C)C2CCS(=O)(=O)C2)cc1. The summed E-state index contributed by atoms with van der Waals surface area (Å²) in [6.45, 7) is 1.68. The number of rotatable bonds is 5. The Kier molecular flexibility index (Phi) is 4.60. The van der Waals surface area contributed by atoms with Gasteiger partial charge >= 0.3 is 0 Å². The highest BCUT2D eigenvalue weighted by Gasteiger charge is 2.30. The van der Waals surface area contributed by atoms with Crippen LogP contribution in [-0.2, 0) is 22.9 Å². The van der Waals surface area contributed by atoms with E-state index in [0.717, 1.165) is 19.5 Å². The molecule has 0 radical (unpaired) electrons. The molecule has 1 N–H and O–H groups in total. The van der Waals surface area contributed by atoms with Crippen molar-refractivity contribution in [3.63, 3.8) is 0 Å². The summed E-state index contributed by atoms with van der Waals surface area (Å²) in [4.78, 5) is 2.15. The first-order valence-electron chi connectivity index (χ1n) is 6.63. The summed E-state index contributed by atoms with van der Waals surface area (Å²) in [7, 11) is 1.14. The Morgan fingerprint density at radius 2 is 1.89 bits per heavy atom. The molecular weight excluding hydrogens is 260 g/mol. The number of sulfone groups is 1. The maximum atomic E-state index is 11.5. The standard InChI is InChI=1S/C14H22N2O2S/c1-15-9-12-3-5-13(6-4-12)10-16(2)14-7-8-19(17,18)11-14/h3-6,14-15H,7-11H2,1-2H3. The van der Waals surface area contributed by atoms with Gasteiger partial charge in [-0.2, -0.15) is 0 Å². The first kappa shape index (κ1) is 14.5. The topological polar surface area (TPSA) is 49.4 Å². The Morgan fingerprint density at radius 3 is 2.42 bits per heavy atom. The number of nitrogens with zero attached hydrogens (tertiary/aromatic N) is 1. The van der Waals surface area contributed by atoms with Crippen molar-refractivity contribution in [1.82, 2.24) is 10.2 Å². The Morgan fingerprint density at radius 1 is 1.26 bits per heavy atom. The molecule has 5 heteroatoms. The molecule has 0 aromatic heterocycles. The predicted octanol–water partition coefficient (Wildman–Crippen LogP) is 1.02. The number of hydrogen-bond acceptors (Lipinski definition) is 4. The van der Waals surface area contributed by atoms with E-state index in [1.807, 2.05) is 14.1 Å². The largest absolute Gasteiger partial charge is 0.316 e. The molecule has 19 heavy (non-hydrogen) atoms. The first-order valence-corrected chi connectivity index (χ1v) is 8.45. The lowest BCUT2D eigenvalue weighted by molar-refractivity contribution is 0.254. The highest BCUT2D eigenvalue weighted by Crippen LogP contribution is 2.18. The quantitative estimate of drug-likeness (QED) is 0.876. The molecule has 1 aliphatic heterocycles. The van der Waals surface area contributed by atoms with Crippen LogP contribution in [0, 0.1) is 0 Å². The van der Waals surface area contributed by atoms with Gasteiger partial charge in [0.05, 0.1) is 11.5 Å². The summed E-state index contributed by atoms with van der Waals surface area (Å²) in [6.07, 6.45) is 0.761. The molecule has 1 atom stereocenters. The molecule has 0 amide bonds. The molecule has 4 nitrogen and oxygen atoms in total. The van der Waals surface area contributed by atoms with Gasteiger partial charge in [-0.25, -0.2) is 8.42 Å². The number of nitrogens with one attached hydrogen (secondary N) is 1. The molecule has 106 valence electrons. The zero-order chi connectivity index (χ0) is 13.9. The van der Waals surface area contributed by atoms with Gasteiger partial charge in [0.2, 0.25) is 0 Å². The lowest BCUT2D eigenvalue weighted by Gasteiger charge is -2.23. The van der Waals surface area contributed by atoms with E-state index in [0.29, 0.717) is 11.5 Å². The van der Waals surface area contributed by atoms with Gasteiger partial charge in [0.1, 0.15) is 0 Å². The van der Waals surface area contributed by atoms with Crippen molar-refractivity contribution in [3.8, 4) is 0 Å². The van der Waals surface area contributed by atoms with Crippen molar-refractivity contribution in [1.29, 1.82) is 0 Å². The van der Waals surface area contributed by atoms with Gasteiger partial charge in [0.25, 0.3) is 0 Å². The van der Waals surface area contributed by atoms with E-state index in [4.69, 9.17) is 0 Å². The molecular formula is C14H22N2O2S. The maximum absolute atomic E-state index is 11.5. The minimum atomic E-state index is -2.80. The third-order valence-corrected chi connectivity index (χ3v) is 5.42. The van der Waals surface area contributed by atoms with E-state index in [-0.39, 0.29) is 6.04 Å². The normalized spacial score (nSPS) is 21.9. The monoisotopic (exact) mass is 282 g/mol. The van der Waals surface area contributed by atoms with Gasteiger partial charge in [-0.15, -0.1) is 0 Å². The second kappa shape index (κ2) is 6.03. The van der Waals surface area contributed by atoms with Gasteiger partial charge in [0, 0.05) is 19.1 Å². The van der Waals surface area contributed by atoms with Crippen LogP contribution < -0.4 is 5.32 Å². The van der Waals surface area contributed by atoms with E-state index < -0.39 is 9.84 Å². The minimum absolute atomic E-state index is 0.169. The summed E-state index contributed by atoms with van der Waals surface area (Å²) in [6, 6.07) is 8.64. The van der Waals surface area contributed by atoms with Crippen LogP contribution in [0.5, 0.6) is 0 Å². The van der Waals surface area contributed by atoms with Crippen LogP contribution in [0.2, 0.25) is 0 Å². The summed E-state index contributed by atoms with van der Waals surface area (Å²) in [5.74, 6) is 0.643. The fraction of sp³-hybridized carbons (Fsp3) is 0.571. The lowest BCUT2D eigenvalue weighted by atomic mass is 10.1. The highest BCUT2D eigenvalue weighted by atomic mass is 32.2. The zero-order valence-corrected chi connectivity index (χ0v) is 12.4. The molecule has 0 spiro atoms. The van der Waals surface area contributed by atoms with E-state index >= 15 is 0 Å². The van der Waals surface area contributed by atoms with Crippen molar-refractivity contribution in [2.75, 3.05) is 25.6 Å². The molecule has 1 unspecified atom stereocenters. The van der Waals surface area contributed by atoms with Crippen LogP contribution in [0.25, 0.3) is 0 Å². The molecule has 1 aliphatic rings. The summed E-state index contributed by atoms with van der Waals surface area (Å²) >= 11 is 0. The second-order valence-corrected chi connectivity index (χ2v) is 7.55. The van der Waals surface area contributed by atoms with Crippen molar-refractivity contribution in [2.45, 2.75) is 25.6 Å². The van der Waals surface area contributed by atoms with Gasteiger partial charge in [-0.3, -0.25) is 4.90 Å². The van der Waals surface area contributed by atoms with E-state index in [1.165, 1.54) is 11.1 Å². The number of benzene rings is 1. The average molecular weight is 282 g/mol. The lowest BCUT2D eigenvalue weighted by Crippen LogP contribution is -2.32. The van der Waals surface area contributed by atoms with Crippen molar-refractivity contribution in [3.05, 3.63) is 35.4 Å². The second-order valence-electron chi connectivity index (χ2n) is 5.32. The molecule has 1 aromatic carbocycles. The van der Waals surface area contributed by atoms with Crippen molar-refractivity contribution >= 4 is 9.84 Å². The third-order valence-electron chi connectivity index (χ3n) is 3.67. The van der Waals surface area contributed by atoms with Crippen LogP contribution in [-0.4, -0.2) is 45.0 Å². The summed E-state index contributed by atoms with van der Waals surface area (Å²) < 4.78 is 23.0. The van der Waals surface area contributed by atoms with Crippen molar-refractivity contribution < 1.29 is 8.42 Å². The Bertz CT molecular complexity index is 511.